The van der Waals surface area contributed by atoms with Crippen LogP contribution in [0.1, 0.15) is 5.56 Å². The monoisotopic (exact) mass is 271 g/mol. The molecule has 6 heteroatoms. The summed E-state index contributed by atoms with van der Waals surface area (Å²) in [6, 6.07) is 13.5. The molecule has 0 aromatic heterocycles. The number of rotatable bonds is 5. The van der Waals surface area contributed by atoms with E-state index in [1.165, 1.54) is 12.1 Å². The second-order valence-corrected chi connectivity index (χ2v) is 3.95. The van der Waals surface area contributed by atoms with E-state index >= 15 is 0 Å². The summed E-state index contributed by atoms with van der Waals surface area (Å²) >= 11 is 0. The van der Waals surface area contributed by atoms with Crippen LogP contribution in [0.25, 0.3) is 0 Å². The van der Waals surface area contributed by atoms with Gasteiger partial charge in [-0.1, -0.05) is 6.07 Å². The van der Waals surface area contributed by atoms with E-state index in [1.54, 1.807) is 25.5 Å². The molecule has 0 saturated carbocycles. The van der Waals surface area contributed by atoms with Crippen molar-refractivity contribution in [1.29, 1.82) is 0 Å². The summed E-state index contributed by atoms with van der Waals surface area (Å²) < 4.78 is 5.05. The fourth-order valence-corrected chi connectivity index (χ4v) is 1.56. The standard InChI is InChI=1S/C14H13N3O3/c1-20-14-7-5-11(6-8-14)10-15-16-12-3-2-4-13(9-12)17(18)19/h2-10,16H,1H3. The molecule has 6 nitrogen and oxygen atoms in total. The number of nitrogens with one attached hydrogen (secondary N) is 1. The van der Waals surface area contributed by atoms with Crippen LogP contribution in [0.5, 0.6) is 5.75 Å². The minimum Gasteiger partial charge on any atom is -0.497 e. The van der Waals surface area contributed by atoms with Gasteiger partial charge in [-0.3, -0.25) is 15.5 Å². The largest absolute Gasteiger partial charge is 0.497 e. The summed E-state index contributed by atoms with van der Waals surface area (Å²) in [5.41, 5.74) is 4.23. The van der Waals surface area contributed by atoms with Crippen molar-refractivity contribution in [2.75, 3.05) is 12.5 Å². The maximum absolute atomic E-state index is 10.6. The van der Waals surface area contributed by atoms with E-state index in [0.29, 0.717) is 5.69 Å². The van der Waals surface area contributed by atoms with Gasteiger partial charge in [-0.05, 0) is 35.9 Å². The maximum atomic E-state index is 10.6. The zero-order valence-corrected chi connectivity index (χ0v) is 10.8. The molecule has 0 aliphatic heterocycles. The molecule has 0 aliphatic rings. The maximum Gasteiger partial charge on any atom is 0.271 e. The normalized spacial score (nSPS) is 10.4. The van der Waals surface area contributed by atoms with Crippen LogP contribution < -0.4 is 10.2 Å². The van der Waals surface area contributed by atoms with E-state index < -0.39 is 4.92 Å². The van der Waals surface area contributed by atoms with Gasteiger partial charge in [0.1, 0.15) is 5.75 Å². The lowest BCUT2D eigenvalue weighted by atomic mass is 10.2. The topological polar surface area (TPSA) is 76.8 Å². The highest BCUT2D eigenvalue weighted by Gasteiger charge is 2.04. The third-order valence-electron chi connectivity index (χ3n) is 2.58. The second-order valence-electron chi connectivity index (χ2n) is 3.95. The molecule has 2 aromatic carbocycles. The molecule has 1 N–H and O–H groups in total. The van der Waals surface area contributed by atoms with Gasteiger partial charge >= 0.3 is 0 Å². The van der Waals surface area contributed by atoms with Crippen LogP contribution >= 0.6 is 0 Å². The van der Waals surface area contributed by atoms with E-state index in [2.05, 4.69) is 10.5 Å². The van der Waals surface area contributed by atoms with Crippen molar-refractivity contribution in [3.8, 4) is 5.75 Å². The molecule has 0 unspecified atom stereocenters. The van der Waals surface area contributed by atoms with Crippen LogP contribution in [0, 0.1) is 10.1 Å². The highest BCUT2D eigenvalue weighted by molar-refractivity contribution is 5.80. The van der Waals surface area contributed by atoms with Gasteiger partial charge in [-0.2, -0.15) is 5.10 Å². The van der Waals surface area contributed by atoms with Crippen LogP contribution in [-0.2, 0) is 0 Å². The average Bonchev–Trinajstić information content (AvgIpc) is 2.48. The van der Waals surface area contributed by atoms with Crippen molar-refractivity contribution < 1.29 is 9.66 Å². The first-order valence-electron chi connectivity index (χ1n) is 5.86. The summed E-state index contributed by atoms with van der Waals surface area (Å²) in [7, 11) is 1.60. The first-order valence-corrected chi connectivity index (χ1v) is 5.86. The van der Waals surface area contributed by atoms with Crippen molar-refractivity contribution in [3.63, 3.8) is 0 Å². The highest BCUT2D eigenvalue weighted by atomic mass is 16.6. The number of benzene rings is 2. The predicted octanol–water partition coefficient (Wildman–Crippen LogP) is 3.05. The Bertz CT molecular complexity index is 624. The molecule has 20 heavy (non-hydrogen) atoms. The molecule has 0 fully saturated rings. The summed E-state index contributed by atoms with van der Waals surface area (Å²) in [5, 5.41) is 14.7. The first kappa shape index (κ1) is 13.5. The molecule has 2 rings (SSSR count). The van der Waals surface area contributed by atoms with Crippen LogP contribution in [-0.4, -0.2) is 18.2 Å². The minimum atomic E-state index is -0.446. The molecule has 0 aliphatic carbocycles. The Morgan fingerprint density at radius 2 is 2.00 bits per heavy atom. The lowest BCUT2D eigenvalue weighted by molar-refractivity contribution is -0.384. The lowest BCUT2D eigenvalue weighted by Crippen LogP contribution is -1.93. The number of nitro groups is 1. The molecular formula is C14H13N3O3. The van der Waals surface area contributed by atoms with Crippen LogP contribution in [0.2, 0.25) is 0 Å². The summed E-state index contributed by atoms with van der Waals surface area (Å²) in [4.78, 5) is 10.2. The van der Waals surface area contributed by atoms with E-state index in [-0.39, 0.29) is 5.69 Å². The number of methoxy groups -OCH3 is 1. The lowest BCUT2D eigenvalue weighted by Gasteiger charge is -2.00. The second kappa shape index (κ2) is 6.33. The zero-order valence-electron chi connectivity index (χ0n) is 10.8. The van der Waals surface area contributed by atoms with Gasteiger partial charge in [-0.15, -0.1) is 0 Å². The molecule has 0 atom stereocenters. The zero-order chi connectivity index (χ0) is 14.4. The molecule has 0 bridgehead atoms. The van der Waals surface area contributed by atoms with Gasteiger partial charge in [0.15, 0.2) is 0 Å². The van der Waals surface area contributed by atoms with Gasteiger partial charge in [-0.25, -0.2) is 0 Å². The smallest absolute Gasteiger partial charge is 0.271 e. The predicted molar refractivity (Wildman–Crippen MR) is 77.3 cm³/mol. The van der Waals surface area contributed by atoms with Gasteiger partial charge in [0, 0.05) is 12.1 Å². The third kappa shape index (κ3) is 3.55. The molecule has 0 heterocycles. The highest BCUT2D eigenvalue weighted by Crippen LogP contribution is 2.17. The molecule has 0 amide bonds. The van der Waals surface area contributed by atoms with E-state index in [9.17, 15) is 10.1 Å². The van der Waals surface area contributed by atoms with Crippen molar-refractivity contribution >= 4 is 17.6 Å². The molecule has 0 spiro atoms. The quantitative estimate of drug-likeness (QED) is 0.515. The van der Waals surface area contributed by atoms with Gasteiger partial charge in [0.2, 0.25) is 0 Å². The Morgan fingerprint density at radius 3 is 2.65 bits per heavy atom. The number of nitro benzene ring substituents is 1. The van der Waals surface area contributed by atoms with Crippen molar-refractivity contribution in [2.45, 2.75) is 0 Å². The molecule has 0 saturated heterocycles. The SMILES string of the molecule is COc1ccc(C=NNc2cccc([N+](=O)[O-])c2)cc1. The number of hydrogen-bond donors (Lipinski definition) is 1. The minimum absolute atomic E-state index is 0.0228. The Morgan fingerprint density at radius 1 is 1.25 bits per heavy atom. The summed E-state index contributed by atoms with van der Waals surface area (Å²) in [5.74, 6) is 0.772. The third-order valence-corrected chi connectivity index (χ3v) is 2.58. The fraction of sp³-hybridized carbons (Fsp3) is 0.0714. The van der Waals surface area contributed by atoms with Crippen LogP contribution in [0.15, 0.2) is 53.6 Å². The number of ether oxygens (including phenoxy) is 1. The van der Waals surface area contributed by atoms with Gasteiger partial charge in [0.25, 0.3) is 5.69 Å². The summed E-state index contributed by atoms with van der Waals surface area (Å²) in [6.45, 7) is 0. The number of hydrazone groups is 1. The van der Waals surface area contributed by atoms with Crippen molar-refractivity contribution in [3.05, 3.63) is 64.2 Å². The number of anilines is 1. The number of nitrogens with zero attached hydrogens (tertiary/aromatic N) is 2. The number of hydrogen-bond acceptors (Lipinski definition) is 5. The Hall–Kier alpha value is -2.89. The Labute approximate surface area is 115 Å². The Balaban J connectivity index is 2.02. The molecule has 102 valence electrons. The van der Waals surface area contributed by atoms with Crippen LogP contribution in [0.4, 0.5) is 11.4 Å². The average molecular weight is 271 g/mol. The van der Waals surface area contributed by atoms with Crippen LogP contribution in [0.3, 0.4) is 0 Å². The molecular weight excluding hydrogens is 258 g/mol. The van der Waals surface area contributed by atoms with Crippen molar-refractivity contribution in [2.24, 2.45) is 5.10 Å². The first-order chi connectivity index (χ1) is 9.69. The van der Waals surface area contributed by atoms with E-state index in [4.69, 9.17) is 4.74 Å². The van der Waals surface area contributed by atoms with E-state index in [1.807, 2.05) is 24.3 Å². The number of non-ortho nitro benzene ring substituents is 1. The van der Waals surface area contributed by atoms with Gasteiger partial charge < -0.3 is 4.74 Å². The Kier molecular flexibility index (Phi) is 4.28. The molecule has 0 radical (unpaired) electrons. The van der Waals surface area contributed by atoms with Crippen molar-refractivity contribution in [1.82, 2.24) is 0 Å². The summed E-state index contributed by atoms with van der Waals surface area (Å²) in [6.07, 6.45) is 1.62. The fourth-order valence-electron chi connectivity index (χ4n) is 1.56. The van der Waals surface area contributed by atoms with E-state index in [0.717, 1.165) is 11.3 Å². The van der Waals surface area contributed by atoms with Gasteiger partial charge in [0.05, 0.1) is 23.9 Å². The molecule has 2 aromatic rings.